The molecule has 0 bridgehead atoms. The number of hydrogen-bond acceptors (Lipinski definition) is 6. The Hall–Kier alpha value is -4.65. The van der Waals surface area contributed by atoms with E-state index in [9.17, 15) is 0 Å². The third kappa shape index (κ3) is 4.51. The molecule has 5 rings (SSSR count). The van der Waals surface area contributed by atoms with Crippen LogP contribution >= 0.6 is 0 Å². The number of nitrogens with zero attached hydrogens (tertiary/aromatic N) is 4. The average molecular weight is 493 g/mol. The van der Waals surface area contributed by atoms with Crippen molar-refractivity contribution in [3.63, 3.8) is 0 Å². The minimum absolute atomic E-state index is 0.594. The maximum Gasteiger partial charge on any atom is 0.210 e. The number of imidazole rings is 1. The lowest BCUT2D eigenvalue weighted by Gasteiger charge is -2.35. The first kappa shape index (κ1) is 24.1. The zero-order chi connectivity index (χ0) is 25.7. The van der Waals surface area contributed by atoms with E-state index in [2.05, 4.69) is 33.7 Å². The Balaban J connectivity index is 1.74. The molecule has 0 N–H and O–H groups in total. The first-order valence-electron chi connectivity index (χ1n) is 12.0. The van der Waals surface area contributed by atoms with Gasteiger partial charge < -0.3 is 14.3 Å². The number of ether oxygens (including phenoxy) is 2. The second kappa shape index (κ2) is 10.5. The number of aryl methyl sites for hydroxylation is 1. The molecule has 0 atom stereocenters. The van der Waals surface area contributed by atoms with Gasteiger partial charge in [0.2, 0.25) is 5.60 Å². The first-order valence-corrected chi connectivity index (χ1v) is 12.0. The molecule has 0 saturated heterocycles. The van der Waals surface area contributed by atoms with Crippen molar-refractivity contribution in [2.45, 2.75) is 18.4 Å². The van der Waals surface area contributed by atoms with Crippen molar-refractivity contribution in [2.75, 3.05) is 14.2 Å². The van der Waals surface area contributed by atoms with Crippen LogP contribution in [-0.2, 0) is 12.0 Å². The van der Waals surface area contributed by atoms with E-state index < -0.39 is 5.60 Å². The van der Waals surface area contributed by atoms with Gasteiger partial charge in [-0.3, -0.25) is 0 Å². The minimum atomic E-state index is -1.04. The van der Waals surface area contributed by atoms with Gasteiger partial charge in [0, 0.05) is 16.7 Å². The molecule has 186 valence electrons. The third-order valence-corrected chi connectivity index (χ3v) is 6.37. The summed E-state index contributed by atoms with van der Waals surface area (Å²) in [7, 11) is 3.31. The molecule has 2 heterocycles. The van der Waals surface area contributed by atoms with Crippen molar-refractivity contribution in [3.05, 3.63) is 127 Å². The van der Waals surface area contributed by atoms with E-state index in [4.69, 9.17) is 14.3 Å². The van der Waals surface area contributed by atoms with E-state index in [1.54, 1.807) is 31.6 Å². The van der Waals surface area contributed by atoms with Crippen LogP contribution < -0.4 is 14.3 Å². The van der Waals surface area contributed by atoms with E-state index in [1.807, 2.05) is 72.8 Å². The lowest BCUT2D eigenvalue weighted by molar-refractivity contribution is 0.00466. The summed E-state index contributed by atoms with van der Waals surface area (Å²) in [5.41, 5.74) is 3.87. The Bertz CT molecular complexity index is 1430. The number of aromatic nitrogens is 4. The lowest BCUT2D eigenvalue weighted by atomic mass is 9.80. The standard InChI is InChI=1S/C30H28N4O3/c1-4-5-11-27-28-29(32-20-31-27)34(21-33-28)37-30(22-9-7-6-8-10-22,23-12-16-25(35-2)17-13-23)24-14-18-26(36-3)19-15-24/h4,6-10,12-21H,1,5,11H2,2-3H3. The van der Waals surface area contributed by atoms with Crippen LogP contribution in [0.4, 0.5) is 0 Å². The van der Waals surface area contributed by atoms with Crippen molar-refractivity contribution in [1.29, 1.82) is 0 Å². The highest BCUT2D eigenvalue weighted by Gasteiger charge is 2.41. The fraction of sp³-hybridized carbons (Fsp3) is 0.167. The number of rotatable bonds is 10. The Kier molecular flexibility index (Phi) is 6.85. The zero-order valence-electron chi connectivity index (χ0n) is 20.9. The number of methoxy groups -OCH3 is 2. The van der Waals surface area contributed by atoms with Gasteiger partial charge in [-0.05, 0) is 37.1 Å². The second-order valence-electron chi connectivity index (χ2n) is 8.49. The largest absolute Gasteiger partial charge is 0.497 e. The molecule has 0 spiro atoms. The van der Waals surface area contributed by atoms with Gasteiger partial charge in [0.1, 0.15) is 29.7 Å². The van der Waals surface area contributed by atoms with E-state index >= 15 is 0 Å². The Morgan fingerprint density at radius 3 is 1.95 bits per heavy atom. The summed E-state index contributed by atoms with van der Waals surface area (Å²) in [5, 5.41) is 0. The molecule has 0 fully saturated rings. The summed E-state index contributed by atoms with van der Waals surface area (Å²) < 4.78 is 12.5. The average Bonchev–Trinajstić information content (AvgIpc) is 3.38. The van der Waals surface area contributed by atoms with Crippen molar-refractivity contribution in [1.82, 2.24) is 19.7 Å². The molecule has 0 aliphatic rings. The molecular formula is C30H28N4O3. The predicted octanol–water partition coefficient (Wildman–Crippen LogP) is 5.38. The Morgan fingerprint density at radius 1 is 0.784 bits per heavy atom. The van der Waals surface area contributed by atoms with E-state index in [0.29, 0.717) is 11.2 Å². The molecule has 7 nitrogen and oxygen atoms in total. The van der Waals surface area contributed by atoms with Gasteiger partial charge in [-0.1, -0.05) is 60.7 Å². The van der Waals surface area contributed by atoms with Crippen LogP contribution in [0.1, 0.15) is 28.8 Å². The smallest absolute Gasteiger partial charge is 0.210 e. The molecule has 3 aromatic carbocycles. The normalized spacial score (nSPS) is 11.3. The fourth-order valence-electron chi connectivity index (χ4n) is 4.48. The van der Waals surface area contributed by atoms with Gasteiger partial charge in [0.25, 0.3) is 0 Å². The van der Waals surface area contributed by atoms with E-state index in [1.165, 1.54) is 0 Å². The number of fused-ring (bicyclic) bond motifs is 1. The molecule has 0 aliphatic carbocycles. The Morgan fingerprint density at radius 2 is 1.38 bits per heavy atom. The maximum absolute atomic E-state index is 6.98. The van der Waals surface area contributed by atoms with Gasteiger partial charge >= 0.3 is 0 Å². The summed E-state index contributed by atoms with van der Waals surface area (Å²) in [4.78, 5) is 20.6. The molecular weight excluding hydrogens is 464 g/mol. The number of allylic oxidation sites excluding steroid dienone is 1. The van der Waals surface area contributed by atoms with Crippen LogP contribution in [0.2, 0.25) is 0 Å². The highest BCUT2D eigenvalue weighted by atomic mass is 16.7. The molecule has 37 heavy (non-hydrogen) atoms. The molecule has 0 saturated carbocycles. The van der Waals surface area contributed by atoms with Crippen molar-refractivity contribution in [2.24, 2.45) is 0 Å². The van der Waals surface area contributed by atoms with Gasteiger partial charge in [0.15, 0.2) is 5.65 Å². The summed E-state index contributed by atoms with van der Waals surface area (Å²) in [6.07, 6.45) is 6.59. The van der Waals surface area contributed by atoms with Crippen LogP contribution in [0.15, 0.2) is 104 Å². The summed E-state index contributed by atoms with van der Waals surface area (Å²) in [6, 6.07) is 25.9. The van der Waals surface area contributed by atoms with Gasteiger partial charge in [-0.2, -0.15) is 4.73 Å². The molecule has 5 aromatic rings. The van der Waals surface area contributed by atoms with Crippen LogP contribution in [0.3, 0.4) is 0 Å². The van der Waals surface area contributed by atoms with Crippen molar-refractivity contribution in [3.8, 4) is 11.5 Å². The predicted molar refractivity (Wildman–Crippen MR) is 143 cm³/mol. The third-order valence-electron chi connectivity index (χ3n) is 6.37. The highest BCUT2D eigenvalue weighted by molar-refractivity contribution is 5.72. The highest BCUT2D eigenvalue weighted by Crippen LogP contribution is 2.40. The number of hydrogen-bond donors (Lipinski definition) is 0. The van der Waals surface area contributed by atoms with E-state index in [0.717, 1.165) is 46.7 Å². The molecule has 2 aromatic heterocycles. The molecule has 0 amide bonds. The fourth-order valence-corrected chi connectivity index (χ4v) is 4.48. The topological polar surface area (TPSA) is 71.3 Å². The monoisotopic (exact) mass is 492 g/mol. The second-order valence-corrected chi connectivity index (χ2v) is 8.49. The van der Waals surface area contributed by atoms with Crippen LogP contribution in [0.25, 0.3) is 11.2 Å². The summed E-state index contributed by atoms with van der Waals surface area (Å²) >= 11 is 0. The number of benzene rings is 3. The van der Waals surface area contributed by atoms with Gasteiger partial charge in [0.05, 0.1) is 19.9 Å². The molecule has 0 radical (unpaired) electrons. The van der Waals surface area contributed by atoms with Crippen molar-refractivity contribution >= 4 is 11.2 Å². The van der Waals surface area contributed by atoms with Crippen molar-refractivity contribution < 1.29 is 14.3 Å². The molecule has 7 heteroatoms. The minimum Gasteiger partial charge on any atom is -0.497 e. The van der Waals surface area contributed by atoms with E-state index in [-0.39, 0.29) is 0 Å². The quantitative estimate of drug-likeness (QED) is 0.192. The van der Waals surface area contributed by atoms with Gasteiger partial charge in [-0.25, -0.2) is 15.0 Å². The van der Waals surface area contributed by atoms with Crippen LogP contribution in [-0.4, -0.2) is 33.9 Å². The first-order chi connectivity index (χ1) is 18.2. The Labute approximate surface area is 216 Å². The van der Waals surface area contributed by atoms with Crippen LogP contribution in [0, 0.1) is 0 Å². The SMILES string of the molecule is C=CCCc1ncnc2c1ncn2OC(c1ccccc1)(c1ccc(OC)cc1)c1ccc(OC)cc1. The molecule has 0 aliphatic heterocycles. The molecule has 0 unspecified atom stereocenters. The van der Waals surface area contributed by atoms with Gasteiger partial charge in [-0.15, -0.1) is 6.58 Å². The maximum atomic E-state index is 6.98. The summed E-state index contributed by atoms with van der Waals surface area (Å²) in [5.74, 6) is 1.52. The summed E-state index contributed by atoms with van der Waals surface area (Å²) in [6.45, 7) is 3.82. The zero-order valence-corrected chi connectivity index (χ0v) is 20.9. The lowest BCUT2D eigenvalue weighted by Crippen LogP contribution is -2.40. The van der Waals surface area contributed by atoms with Crippen LogP contribution in [0.5, 0.6) is 11.5 Å².